The molecule has 162 valence electrons. The number of rotatable bonds is 5. The first-order chi connectivity index (χ1) is 14.9. The predicted octanol–water partition coefficient (Wildman–Crippen LogP) is 5.47. The molecule has 0 saturated carbocycles. The van der Waals surface area contributed by atoms with E-state index in [1.54, 1.807) is 19.2 Å². The van der Waals surface area contributed by atoms with Crippen LogP contribution < -0.4 is 4.74 Å². The standard InChI is InChI=1S/C26H30N2O3/c1-16-12-20-8-10-26(14-16,19-6-4-18(5-7-19)25(29)30)28(20)15-22-21-9-11-27-24(21)17(2)13-23(22)31-3/h4-7,9,11,13,16,20,27H,8,10,12,14-15H2,1-3H3,(H,29,30)/t16-,20-,26?/m1/s1. The molecule has 1 aromatic heterocycles. The van der Waals surface area contributed by atoms with Gasteiger partial charge in [-0.2, -0.15) is 0 Å². The molecule has 2 aliphatic rings. The number of hydrogen-bond acceptors (Lipinski definition) is 3. The number of carbonyl (C=O) groups is 1. The van der Waals surface area contributed by atoms with Gasteiger partial charge < -0.3 is 14.8 Å². The predicted molar refractivity (Wildman–Crippen MR) is 122 cm³/mol. The van der Waals surface area contributed by atoms with E-state index in [2.05, 4.69) is 35.9 Å². The van der Waals surface area contributed by atoms with Gasteiger partial charge >= 0.3 is 5.97 Å². The summed E-state index contributed by atoms with van der Waals surface area (Å²) in [6.07, 6.45) is 6.60. The van der Waals surface area contributed by atoms with Gasteiger partial charge in [0, 0.05) is 40.8 Å². The molecule has 1 unspecified atom stereocenters. The third kappa shape index (κ3) is 3.14. The highest BCUT2D eigenvalue weighted by Crippen LogP contribution is 2.53. The average molecular weight is 419 g/mol. The number of aryl methyl sites for hydroxylation is 1. The maximum absolute atomic E-state index is 11.4. The van der Waals surface area contributed by atoms with Gasteiger partial charge in [0.1, 0.15) is 5.75 Å². The Morgan fingerprint density at radius 2 is 2.06 bits per heavy atom. The largest absolute Gasteiger partial charge is 0.496 e. The van der Waals surface area contributed by atoms with Gasteiger partial charge in [0.15, 0.2) is 0 Å². The van der Waals surface area contributed by atoms with Crippen LogP contribution in [0.4, 0.5) is 0 Å². The number of fused-ring (bicyclic) bond motifs is 3. The van der Waals surface area contributed by atoms with Gasteiger partial charge in [-0.25, -0.2) is 4.79 Å². The molecule has 5 rings (SSSR count). The molecule has 5 heteroatoms. The van der Waals surface area contributed by atoms with Crippen LogP contribution in [0.2, 0.25) is 0 Å². The number of H-pyrrole nitrogens is 1. The number of ether oxygens (including phenoxy) is 1. The van der Waals surface area contributed by atoms with Crippen LogP contribution in [0, 0.1) is 12.8 Å². The molecule has 2 saturated heterocycles. The Labute approximate surface area is 183 Å². The van der Waals surface area contributed by atoms with Gasteiger partial charge in [-0.3, -0.25) is 4.90 Å². The average Bonchev–Trinajstić information content (AvgIpc) is 3.32. The van der Waals surface area contributed by atoms with Crippen LogP contribution in [0.5, 0.6) is 5.75 Å². The number of hydrogen-bond donors (Lipinski definition) is 2. The van der Waals surface area contributed by atoms with Crippen LogP contribution in [0.15, 0.2) is 42.6 Å². The number of methoxy groups -OCH3 is 1. The molecule has 0 radical (unpaired) electrons. The third-order valence-corrected chi connectivity index (χ3v) is 7.57. The van der Waals surface area contributed by atoms with Gasteiger partial charge in [-0.05, 0) is 73.9 Å². The quantitative estimate of drug-likeness (QED) is 0.576. The van der Waals surface area contributed by atoms with E-state index in [1.165, 1.54) is 40.4 Å². The number of piperidine rings is 1. The molecule has 0 amide bonds. The highest BCUT2D eigenvalue weighted by Gasteiger charge is 2.51. The highest BCUT2D eigenvalue weighted by atomic mass is 16.5. The van der Waals surface area contributed by atoms with Gasteiger partial charge in [0.05, 0.1) is 12.7 Å². The molecular formula is C26H30N2O3. The molecule has 0 aliphatic carbocycles. The normalized spacial score (nSPS) is 25.8. The van der Waals surface area contributed by atoms with Crippen LogP contribution >= 0.6 is 0 Å². The summed E-state index contributed by atoms with van der Waals surface area (Å²) in [5.41, 5.74) is 5.13. The van der Waals surface area contributed by atoms with Gasteiger partial charge in [-0.1, -0.05) is 19.1 Å². The second-order valence-electron chi connectivity index (χ2n) is 9.42. The molecule has 3 heterocycles. The minimum Gasteiger partial charge on any atom is -0.496 e. The molecule has 2 aromatic carbocycles. The lowest BCUT2D eigenvalue weighted by atomic mass is 9.77. The summed E-state index contributed by atoms with van der Waals surface area (Å²) >= 11 is 0. The van der Waals surface area contributed by atoms with Crippen molar-refractivity contribution in [3.8, 4) is 5.75 Å². The van der Waals surface area contributed by atoms with Crippen molar-refractivity contribution in [2.75, 3.05) is 7.11 Å². The topological polar surface area (TPSA) is 65.6 Å². The molecule has 0 spiro atoms. The maximum Gasteiger partial charge on any atom is 0.335 e. The molecule has 3 aromatic rings. The van der Waals surface area contributed by atoms with Crippen molar-refractivity contribution in [2.45, 2.75) is 57.7 Å². The zero-order valence-corrected chi connectivity index (χ0v) is 18.4. The van der Waals surface area contributed by atoms with Crippen LogP contribution in [0.25, 0.3) is 10.9 Å². The maximum atomic E-state index is 11.4. The molecule has 2 fully saturated rings. The number of aromatic amines is 1. The Morgan fingerprint density at radius 3 is 2.77 bits per heavy atom. The van der Waals surface area contributed by atoms with Crippen LogP contribution in [0.1, 0.15) is 59.7 Å². The summed E-state index contributed by atoms with van der Waals surface area (Å²) in [6, 6.07) is 12.4. The molecule has 2 N–H and O–H groups in total. The Morgan fingerprint density at radius 1 is 1.29 bits per heavy atom. The second kappa shape index (κ2) is 7.41. The zero-order valence-electron chi connectivity index (χ0n) is 18.4. The second-order valence-corrected chi connectivity index (χ2v) is 9.42. The van der Waals surface area contributed by atoms with Crippen molar-refractivity contribution in [1.82, 2.24) is 9.88 Å². The van der Waals surface area contributed by atoms with Crippen molar-refractivity contribution < 1.29 is 14.6 Å². The molecular weight excluding hydrogens is 388 g/mol. The van der Waals surface area contributed by atoms with E-state index >= 15 is 0 Å². The van der Waals surface area contributed by atoms with E-state index in [0.29, 0.717) is 17.5 Å². The number of aromatic nitrogens is 1. The summed E-state index contributed by atoms with van der Waals surface area (Å²) in [6.45, 7) is 5.30. The van der Waals surface area contributed by atoms with Crippen LogP contribution in [0.3, 0.4) is 0 Å². The molecule has 5 nitrogen and oxygen atoms in total. The number of carboxylic acid groups (broad SMARTS) is 1. The minimum absolute atomic E-state index is 0.0576. The summed E-state index contributed by atoms with van der Waals surface area (Å²) in [5, 5.41) is 10.6. The fraction of sp³-hybridized carbons (Fsp3) is 0.423. The summed E-state index contributed by atoms with van der Waals surface area (Å²) in [5.74, 6) is 0.718. The lowest BCUT2D eigenvalue weighted by Gasteiger charge is -2.48. The Balaban J connectivity index is 1.60. The lowest BCUT2D eigenvalue weighted by Crippen LogP contribution is -2.49. The molecule has 3 atom stereocenters. The SMILES string of the molecule is COc1cc(C)c2[nH]ccc2c1CN1[C@@H]2CCC1(c1ccc(C(=O)O)cc1)C[C@H](C)C2. The van der Waals surface area contributed by atoms with E-state index in [1.807, 2.05) is 18.3 Å². The van der Waals surface area contributed by atoms with Gasteiger partial charge in [-0.15, -0.1) is 0 Å². The lowest BCUT2D eigenvalue weighted by molar-refractivity contribution is 0.0181. The first kappa shape index (κ1) is 20.1. The monoisotopic (exact) mass is 418 g/mol. The Kier molecular flexibility index (Phi) is 4.82. The smallest absolute Gasteiger partial charge is 0.335 e. The Bertz CT molecular complexity index is 1130. The van der Waals surface area contributed by atoms with Gasteiger partial charge in [0.2, 0.25) is 0 Å². The van der Waals surface area contributed by atoms with Crippen molar-refractivity contribution in [3.05, 3.63) is 64.8 Å². The number of benzene rings is 2. The number of nitrogens with zero attached hydrogens (tertiary/aromatic N) is 1. The Hall–Kier alpha value is -2.79. The van der Waals surface area contributed by atoms with Crippen LogP contribution in [-0.4, -0.2) is 34.1 Å². The van der Waals surface area contributed by atoms with Gasteiger partial charge in [0.25, 0.3) is 0 Å². The van der Waals surface area contributed by atoms with E-state index in [0.717, 1.165) is 25.1 Å². The number of carboxylic acids is 1. The van der Waals surface area contributed by atoms with Crippen molar-refractivity contribution in [2.24, 2.45) is 5.92 Å². The van der Waals surface area contributed by atoms with E-state index in [-0.39, 0.29) is 5.54 Å². The molecule has 2 aliphatic heterocycles. The van der Waals surface area contributed by atoms with Crippen molar-refractivity contribution in [1.29, 1.82) is 0 Å². The number of aromatic carboxylic acids is 1. The van der Waals surface area contributed by atoms with E-state index in [9.17, 15) is 9.90 Å². The van der Waals surface area contributed by atoms with Crippen LogP contribution in [-0.2, 0) is 12.1 Å². The molecule has 31 heavy (non-hydrogen) atoms. The fourth-order valence-electron chi connectivity index (χ4n) is 6.23. The summed E-state index contributed by atoms with van der Waals surface area (Å²) in [7, 11) is 1.75. The molecule has 2 bridgehead atoms. The van der Waals surface area contributed by atoms with Crippen molar-refractivity contribution in [3.63, 3.8) is 0 Å². The summed E-state index contributed by atoms with van der Waals surface area (Å²) < 4.78 is 5.83. The van der Waals surface area contributed by atoms with E-state index < -0.39 is 5.97 Å². The van der Waals surface area contributed by atoms with E-state index in [4.69, 9.17) is 4.74 Å². The highest BCUT2D eigenvalue weighted by molar-refractivity contribution is 5.88. The van der Waals surface area contributed by atoms with Crippen molar-refractivity contribution >= 4 is 16.9 Å². The third-order valence-electron chi connectivity index (χ3n) is 7.57. The minimum atomic E-state index is -0.874. The number of nitrogens with one attached hydrogen (secondary N) is 1. The fourth-order valence-corrected chi connectivity index (χ4v) is 6.23. The first-order valence-corrected chi connectivity index (χ1v) is 11.2. The first-order valence-electron chi connectivity index (χ1n) is 11.2. The zero-order chi connectivity index (χ0) is 21.8. The summed E-state index contributed by atoms with van der Waals surface area (Å²) in [4.78, 5) is 17.4.